The molecule has 1 unspecified atom stereocenters. The number of imidazole rings is 1. The summed E-state index contributed by atoms with van der Waals surface area (Å²) in [5.41, 5.74) is 1.94. The van der Waals surface area contributed by atoms with Crippen molar-refractivity contribution in [2.24, 2.45) is 0 Å². The first-order valence-corrected chi connectivity index (χ1v) is 9.08. The lowest BCUT2D eigenvalue weighted by molar-refractivity contribution is 0.0782. The zero-order chi connectivity index (χ0) is 19.4. The van der Waals surface area contributed by atoms with Gasteiger partial charge in [-0.05, 0) is 31.0 Å². The Hall–Kier alpha value is -3.15. The van der Waals surface area contributed by atoms with E-state index in [1.807, 2.05) is 56.3 Å². The number of fused-ring (bicyclic) bond motifs is 1. The number of amides is 2. The highest BCUT2D eigenvalue weighted by Crippen LogP contribution is 2.16. The molecular formula is C21H24N4O2. The van der Waals surface area contributed by atoms with Gasteiger partial charge in [-0.2, -0.15) is 0 Å². The normalized spacial score (nSPS) is 12.0. The fourth-order valence-corrected chi connectivity index (χ4v) is 2.86. The molecule has 140 valence electrons. The van der Waals surface area contributed by atoms with Gasteiger partial charge in [0.15, 0.2) is 5.69 Å². The minimum atomic E-state index is -0.282. The third-order valence-electron chi connectivity index (χ3n) is 4.55. The average molecular weight is 364 g/mol. The van der Waals surface area contributed by atoms with Crippen molar-refractivity contribution >= 4 is 17.3 Å². The summed E-state index contributed by atoms with van der Waals surface area (Å²) >= 11 is 0. The standard InChI is InChI=1S/C21H24N4O2/c1-4-15(2)22-20(26)19-23-18(17-12-8-9-13-25(17)19)21(27)24(3)14-16-10-6-5-7-11-16/h5-13,15H,4,14H2,1-3H3,(H,22,26). The van der Waals surface area contributed by atoms with E-state index < -0.39 is 0 Å². The van der Waals surface area contributed by atoms with Gasteiger partial charge in [-0.1, -0.05) is 43.3 Å². The molecule has 3 aromatic rings. The molecule has 0 fully saturated rings. The SMILES string of the molecule is CCC(C)NC(=O)c1nc(C(=O)N(C)Cc2ccccc2)c2ccccn12. The number of nitrogens with one attached hydrogen (secondary N) is 1. The molecule has 1 N–H and O–H groups in total. The highest BCUT2D eigenvalue weighted by atomic mass is 16.2. The van der Waals surface area contributed by atoms with Crippen LogP contribution in [0.4, 0.5) is 0 Å². The molecular weight excluding hydrogens is 340 g/mol. The van der Waals surface area contributed by atoms with Crippen LogP contribution in [-0.2, 0) is 6.54 Å². The predicted octanol–water partition coefficient (Wildman–Crippen LogP) is 3.13. The van der Waals surface area contributed by atoms with E-state index in [0.717, 1.165) is 12.0 Å². The van der Waals surface area contributed by atoms with Gasteiger partial charge >= 0.3 is 0 Å². The molecule has 0 saturated carbocycles. The third kappa shape index (κ3) is 4.00. The van der Waals surface area contributed by atoms with Gasteiger partial charge in [0.1, 0.15) is 0 Å². The molecule has 27 heavy (non-hydrogen) atoms. The number of hydrogen-bond donors (Lipinski definition) is 1. The maximum absolute atomic E-state index is 13.0. The van der Waals surface area contributed by atoms with Crippen LogP contribution in [0.5, 0.6) is 0 Å². The second kappa shape index (κ2) is 8.03. The Bertz CT molecular complexity index is 949. The molecule has 1 aromatic carbocycles. The first-order chi connectivity index (χ1) is 13.0. The first-order valence-electron chi connectivity index (χ1n) is 9.08. The lowest BCUT2D eigenvalue weighted by atomic mass is 10.2. The Labute approximate surface area is 158 Å². The lowest BCUT2D eigenvalue weighted by Crippen LogP contribution is -2.33. The molecule has 6 heteroatoms. The van der Waals surface area contributed by atoms with Crippen molar-refractivity contribution in [3.05, 3.63) is 71.8 Å². The molecule has 1 atom stereocenters. The van der Waals surface area contributed by atoms with Crippen molar-refractivity contribution in [1.82, 2.24) is 19.6 Å². The van der Waals surface area contributed by atoms with Crippen molar-refractivity contribution in [1.29, 1.82) is 0 Å². The van der Waals surface area contributed by atoms with E-state index in [-0.39, 0.29) is 29.4 Å². The number of carbonyl (C=O) groups excluding carboxylic acids is 2. The van der Waals surface area contributed by atoms with Crippen LogP contribution < -0.4 is 5.32 Å². The number of rotatable bonds is 6. The minimum absolute atomic E-state index is 0.0356. The molecule has 0 bridgehead atoms. The number of aromatic nitrogens is 2. The second-order valence-corrected chi connectivity index (χ2v) is 6.67. The number of carbonyl (C=O) groups is 2. The smallest absolute Gasteiger partial charge is 0.287 e. The van der Waals surface area contributed by atoms with Gasteiger partial charge in [-0.3, -0.25) is 14.0 Å². The molecule has 2 heterocycles. The van der Waals surface area contributed by atoms with Gasteiger partial charge < -0.3 is 10.2 Å². The van der Waals surface area contributed by atoms with Crippen LogP contribution in [0.2, 0.25) is 0 Å². The fraction of sp³-hybridized carbons (Fsp3) is 0.286. The number of benzene rings is 1. The Morgan fingerprint density at radius 1 is 1.15 bits per heavy atom. The average Bonchev–Trinajstić information content (AvgIpc) is 3.07. The van der Waals surface area contributed by atoms with Crippen molar-refractivity contribution < 1.29 is 9.59 Å². The van der Waals surface area contributed by atoms with Crippen molar-refractivity contribution in [2.45, 2.75) is 32.9 Å². The largest absolute Gasteiger partial charge is 0.347 e. The zero-order valence-electron chi connectivity index (χ0n) is 15.8. The first kappa shape index (κ1) is 18.6. The van der Waals surface area contributed by atoms with E-state index in [1.165, 1.54) is 0 Å². The van der Waals surface area contributed by atoms with Gasteiger partial charge in [0.05, 0.1) is 5.52 Å². The van der Waals surface area contributed by atoms with E-state index >= 15 is 0 Å². The summed E-state index contributed by atoms with van der Waals surface area (Å²) in [5, 5.41) is 2.91. The maximum Gasteiger partial charge on any atom is 0.287 e. The van der Waals surface area contributed by atoms with Crippen molar-refractivity contribution in [2.75, 3.05) is 7.05 Å². The monoisotopic (exact) mass is 364 g/mol. The fourth-order valence-electron chi connectivity index (χ4n) is 2.86. The van der Waals surface area contributed by atoms with Crippen molar-refractivity contribution in [3.8, 4) is 0 Å². The van der Waals surface area contributed by atoms with Gasteiger partial charge in [-0.15, -0.1) is 0 Å². The van der Waals surface area contributed by atoms with E-state index in [1.54, 1.807) is 28.6 Å². The Balaban J connectivity index is 1.92. The summed E-state index contributed by atoms with van der Waals surface area (Å²) in [4.78, 5) is 31.6. The number of nitrogens with zero attached hydrogens (tertiary/aromatic N) is 3. The molecule has 6 nitrogen and oxygen atoms in total. The van der Waals surface area contributed by atoms with Gasteiger partial charge in [0, 0.05) is 25.8 Å². The van der Waals surface area contributed by atoms with Crippen LogP contribution >= 0.6 is 0 Å². The molecule has 0 saturated heterocycles. The summed E-state index contributed by atoms with van der Waals surface area (Å²) in [6.45, 7) is 4.41. The van der Waals surface area contributed by atoms with Crippen molar-refractivity contribution in [3.63, 3.8) is 0 Å². The van der Waals surface area contributed by atoms with Crippen LogP contribution in [-0.4, -0.2) is 39.2 Å². The van der Waals surface area contributed by atoms with Gasteiger partial charge in [0.2, 0.25) is 5.82 Å². The van der Waals surface area contributed by atoms with Crippen LogP contribution in [0.15, 0.2) is 54.7 Å². The maximum atomic E-state index is 13.0. The number of pyridine rings is 1. The third-order valence-corrected chi connectivity index (χ3v) is 4.55. The molecule has 2 amide bonds. The highest BCUT2D eigenvalue weighted by Gasteiger charge is 2.24. The molecule has 0 aliphatic heterocycles. The van der Waals surface area contributed by atoms with E-state index in [9.17, 15) is 9.59 Å². The van der Waals surface area contributed by atoms with Gasteiger partial charge in [-0.25, -0.2) is 4.98 Å². The second-order valence-electron chi connectivity index (χ2n) is 6.67. The molecule has 0 radical (unpaired) electrons. The summed E-state index contributed by atoms with van der Waals surface area (Å²) < 4.78 is 1.67. The highest BCUT2D eigenvalue weighted by molar-refractivity contribution is 6.02. The van der Waals surface area contributed by atoms with E-state index in [4.69, 9.17) is 0 Å². The van der Waals surface area contributed by atoms with E-state index in [0.29, 0.717) is 12.1 Å². The van der Waals surface area contributed by atoms with Gasteiger partial charge in [0.25, 0.3) is 11.8 Å². The molecule has 2 aromatic heterocycles. The Morgan fingerprint density at radius 3 is 2.56 bits per heavy atom. The quantitative estimate of drug-likeness (QED) is 0.731. The minimum Gasteiger partial charge on any atom is -0.347 e. The lowest BCUT2D eigenvalue weighted by Gasteiger charge is -2.16. The molecule has 3 rings (SSSR count). The molecule has 0 aliphatic carbocycles. The summed E-state index contributed by atoms with van der Waals surface area (Å²) in [6, 6.07) is 15.3. The van der Waals surface area contributed by atoms with Crippen LogP contribution in [0.1, 0.15) is 46.9 Å². The zero-order valence-corrected chi connectivity index (χ0v) is 15.8. The summed E-state index contributed by atoms with van der Waals surface area (Å²) in [7, 11) is 1.74. The van der Waals surface area contributed by atoms with E-state index in [2.05, 4.69) is 10.3 Å². The molecule has 0 spiro atoms. The molecule has 0 aliphatic rings. The van der Waals surface area contributed by atoms with Crippen LogP contribution in [0, 0.1) is 0 Å². The summed E-state index contributed by atoms with van der Waals surface area (Å²) in [5.74, 6) is -0.275. The Morgan fingerprint density at radius 2 is 1.85 bits per heavy atom. The number of hydrogen-bond acceptors (Lipinski definition) is 3. The summed E-state index contributed by atoms with van der Waals surface area (Å²) in [6.07, 6.45) is 2.57. The Kier molecular flexibility index (Phi) is 5.54. The van der Waals surface area contributed by atoms with Crippen LogP contribution in [0.25, 0.3) is 5.52 Å². The van der Waals surface area contributed by atoms with Crippen LogP contribution in [0.3, 0.4) is 0 Å². The predicted molar refractivity (Wildman–Crippen MR) is 105 cm³/mol. The topological polar surface area (TPSA) is 66.7 Å².